The van der Waals surface area contributed by atoms with Gasteiger partial charge in [-0.15, -0.1) is 0 Å². The molecule has 7 N–H and O–H groups in total. The number of aryl methyl sites for hydroxylation is 8. The van der Waals surface area contributed by atoms with Crippen LogP contribution in [0.15, 0.2) is 302 Å². The van der Waals surface area contributed by atoms with Crippen molar-refractivity contribution in [1.82, 2.24) is 0 Å². The van der Waals surface area contributed by atoms with Gasteiger partial charge in [0.1, 0.15) is 11.5 Å². The third-order valence-electron chi connectivity index (χ3n) is 20.1. The number of nitrogens with two attached hydrogens (primary N) is 3. The minimum absolute atomic E-state index is 0.255. The Morgan fingerprint density at radius 3 is 1.20 bits per heavy atom. The molecule has 2 aliphatic rings. The smallest absolute Gasteiger partial charge is 0.119 e. The van der Waals surface area contributed by atoms with E-state index in [1.807, 2.05) is 159 Å². The second kappa shape index (κ2) is 56.1. The molecule has 125 heavy (non-hydrogen) atoms. The molecule has 0 aliphatic carbocycles. The van der Waals surface area contributed by atoms with Crippen molar-refractivity contribution in [2.75, 3.05) is 195 Å². The van der Waals surface area contributed by atoms with Gasteiger partial charge in [0.05, 0.1) is 14.2 Å². The lowest BCUT2D eigenvalue weighted by Gasteiger charge is -2.36. The van der Waals surface area contributed by atoms with E-state index in [-0.39, 0.29) is 5.41 Å². The van der Waals surface area contributed by atoms with Crippen LogP contribution in [-0.4, -0.2) is 133 Å². The van der Waals surface area contributed by atoms with Crippen molar-refractivity contribution >= 4 is 107 Å². The molecule has 668 valence electrons. The highest BCUT2D eigenvalue weighted by atomic mass is 79.9. The number of ether oxygens (including phenoxy) is 2. The number of nitrogen functional groups attached to an aromatic ring is 3. The van der Waals surface area contributed by atoms with Crippen LogP contribution in [0.5, 0.6) is 11.5 Å². The molecule has 16 heteroatoms. The molecule has 13 aromatic carbocycles. The first-order valence-corrected chi connectivity index (χ1v) is 43.7. The van der Waals surface area contributed by atoms with Crippen LogP contribution in [0.1, 0.15) is 83.7 Å². The topological polar surface area (TPSA) is 134 Å². The maximum Gasteiger partial charge on any atom is 0.119 e. The number of anilines is 12. The van der Waals surface area contributed by atoms with Gasteiger partial charge in [-0.2, -0.15) is 0 Å². The summed E-state index contributed by atoms with van der Waals surface area (Å²) in [6.07, 6.45) is 5.27. The van der Waals surface area contributed by atoms with Crippen molar-refractivity contribution < 1.29 is 9.47 Å². The minimum atomic E-state index is 0.255. The molecule has 14 nitrogen and oxygen atoms in total. The highest BCUT2D eigenvalue weighted by Crippen LogP contribution is 2.35. The van der Waals surface area contributed by atoms with E-state index in [1.54, 1.807) is 55.3 Å². The fraction of sp³-hybridized carbons (Fsp3) is 0.303. The van der Waals surface area contributed by atoms with Gasteiger partial charge >= 0.3 is 0 Å². The number of fused-ring (bicyclic) bond motifs is 1. The van der Waals surface area contributed by atoms with Crippen LogP contribution in [-0.2, 0) is 18.3 Å². The number of methoxy groups -OCH3 is 2. The first-order valence-electron chi connectivity index (χ1n) is 42.6. The van der Waals surface area contributed by atoms with Crippen molar-refractivity contribution in [2.45, 2.75) is 93.4 Å². The van der Waals surface area contributed by atoms with E-state index < -0.39 is 0 Å². The Labute approximate surface area is 767 Å². The quantitative estimate of drug-likeness (QED) is 0.0968. The molecule has 0 spiro atoms. The Bertz CT molecular complexity index is 4990. The van der Waals surface area contributed by atoms with E-state index in [1.165, 1.54) is 123 Å². The van der Waals surface area contributed by atoms with E-state index in [0.717, 1.165) is 49.3 Å². The number of hydrogen-bond acceptors (Lipinski definition) is 14. The van der Waals surface area contributed by atoms with Crippen LogP contribution in [0.25, 0.3) is 10.8 Å². The van der Waals surface area contributed by atoms with Crippen molar-refractivity contribution in [3.8, 4) is 11.5 Å². The molecule has 0 atom stereocenters. The van der Waals surface area contributed by atoms with Crippen molar-refractivity contribution in [2.24, 2.45) is 0 Å². The molecule has 2 heterocycles. The van der Waals surface area contributed by atoms with Gasteiger partial charge in [0.15, 0.2) is 0 Å². The maximum atomic E-state index is 5.66. The monoisotopic (exact) mass is 1770 g/mol. The number of hydrogen-bond donors (Lipinski definition) is 4. The lowest BCUT2D eigenvalue weighted by Crippen LogP contribution is -2.34. The predicted octanol–water partition coefficient (Wildman–Crippen LogP) is 25.9. The van der Waals surface area contributed by atoms with Crippen molar-refractivity contribution in [1.29, 1.82) is 0 Å². The lowest BCUT2D eigenvalue weighted by molar-refractivity contribution is 0.415. The van der Waals surface area contributed by atoms with Gasteiger partial charge in [0, 0.05) is 202 Å². The fourth-order valence-corrected chi connectivity index (χ4v) is 13.6. The first-order chi connectivity index (χ1) is 59.3. The zero-order valence-electron chi connectivity index (χ0n) is 79.9. The molecule has 0 unspecified atom stereocenters. The van der Waals surface area contributed by atoms with Gasteiger partial charge in [0.2, 0.25) is 0 Å². The van der Waals surface area contributed by atoms with Gasteiger partial charge < -0.3 is 71.2 Å². The van der Waals surface area contributed by atoms with Crippen LogP contribution in [0.2, 0.25) is 5.02 Å². The number of benzene rings is 13. The second-order valence-corrected chi connectivity index (χ2v) is 34.4. The molecule has 0 bridgehead atoms. The zero-order chi connectivity index (χ0) is 92.7. The maximum absolute atomic E-state index is 5.66. The molecule has 0 saturated heterocycles. The molecular formula is C109H146BrClN12O2. The highest BCUT2D eigenvalue weighted by Gasteiger charge is 2.23. The van der Waals surface area contributed by atoms with Gasteiger partial charge in [-0.25, -0.2) is 0 Å². The Morgan fingerprint density at radius 1 is 0.376 bits per heavy atom. The summed E-state index contributed by atoms with van der Waals surface area (Å²) in [6, 6.07) is 100. The summed E-state index contributed by atoms with van der Waals surface area (Å²) in [7, 11) is 34.0. The number of rotatable bonds is 10. The number of halogens is 2. The third-order valence-corrected chi connectivity index (χ3v) is 20.8. The van der Waals surface area contributed by atoms with Crippen molar-refractivity contribution in [3.63, 3.8) is 0 Å². The summed E-state index contributed by atoms with van der Waals surface area (Å²) < 4.78 is 11.0. The predicted molar refractivity (Wildman–Crippen MR) is 560 cm³/mol. The van der Waals surface area contributed by atoms with Crippen LogP contribution in [0, 0.1) is 41.5 Å². The van der Waals surface area contributed by atoms with Crippen LogP contribution in [0.4, 0.5) is 68.2 Å². The second-order valence-electron chi connectivity index (χ2n) is 33.1. The summed E-state index contributed by atoms with van der Waals surface area (Å²) in [5, 5.41) is 6.37. The molecule has 13 aromatic rings. The first kappa shape index (κ1) is 105. The van der Waals surface area contributed by atoms with E-state index in [0.29, 0.717) is 0 Å². The van der Waals surface area contributed by atoms with E-state index in [9.17, 15) is 0 Å². The Balaban J connectivity index is 0.000000287. The summed E-state index contributed by atoms with van der Waals surface area (Å²) >= 11 is 9.04. The lowest BCUT2D eigenvalue weighted by atomic mass is 9.87. The number of para-hydroxylation sites is 3. The molecule has 0 amide bonds. The Kier molecular flexibility index (Phi) is 47.3. The molecule has 0 fully saturated rings. The summed E-state index contributed by atoms with van der Waals surface area (Å²) in [5.74, 6) is 1.73. The normalized spacial score (nSPS) is 10.8. The standard InChI is InChI=1S/C12H15N.C12H13N.C12H19N.C11H17N.2C9H13N.C8H10BrN.C8H11NO.C8H11N.C7H8ClN.C7H9NO.C6H7N/c1-4-10-6-2-8-13-9-3-7-11(5-1)12(10)13;1-13(2)12-9-5-7-10-6-3-4-8-11(10)12;1-12(2,3)10-6-8-11(9-7-10)13(4)5;1-8-6-9(2)11(12(4)5)10(3)7-8;1-8-4-6-9(7-5-8)10(2)3;1-8-5-4-6-9(7-8)10(2)3;1-10(2)8-5-3-7(9)4-6-8;1-9-7-3-5-8(10-2)6-4-7;1-9(2)8-6-4-3-5-7-8;1-5-4-6(8)2-3-7(5)9;1-9-7-4-2-6(8)3-5-7;7-6-4-2-1-3-5-6/h1,4-5H,2-3,6-9H2;3-9H,1-2H3;6-9H,1-5H3;6-7H,1-5H3;2*4-7H,1-3H3;3-6H,1-2H3;3-6,9H,1-2H3;3-7H,1-2H3;2-4H,9H2,1H3;2-5H,8H2,1H3;1-5H,7H2. The molecule has 2 aliphatic heterocycles. The highest BCUT2D eigenvalue weighted by molar-refractivity contribution is 9.10. The van der Waals surface area contributed by atoms with Crippen LogP contribution < -0.4 is 71.2 Å². The number of nitrogens with zero attached hydrogens (tertiary/aromatic N) is 8. The molecule has 15 rings (SSSR count). The van der Waals surface area contributed by atoms with Gasteiger partial charge in [-0.3, -0.25) is 0 Å². The fourth-order valence-electron chi connectivity index (χ4n) is 13.1. The Hall–Kier alpha value is -11.9. The number of nitrogens with one attached hydrogen (secondary N) is 1. The van der Waals surface area contributed by atoms with E-state index in [2.05, 4.69) is 342 Å². The summed E-state index contributed by atoms with van der Waals surface area (Å²) in [6.45, 7) is 21.9. The van der Waals surface area contributed by atoms with Gasteiger partial charge in [-0.05, 0) is 275 Å². The molecular weight excluding hydrogens is 1620 g/mol. The molecule has 0 saturated carbocycles. The summed E-state index contributed by atoms with van der Waals surface area (Å²) in [4.78, 5) is 17.4. The molecule has 0 aromatic heterocycles. The van der Waals surface area contributed by atoms with Crippen molar-refractivity contribution in [3.05, 3.63) is 357 Å². The van der Waals surface area contributed by atoms with E-state index >= 15 is 0 Å². The average Bonchev–Trinajstić information content (AvgIpc) is 0.790. The van der Waals surface area contributed by atoms with E-state index in [4.69, 9.17) is 38.3 Å². The largest absolute Gasteiger partial charge is 0.497 e. The summed E-state index contributed by atoms with van der Waals surface area (Å²) in [5.41, 5.74) is 42.8. The SMILES string of the molecule is CN(C)c1ccc(Br)cc1.CN(C)c1ccc(C(C)(C)C)cc1.CN(C)c1cccc2ccccc12.CN(C)c1ccccc1.CNc1ccc(OC)cc1.COc1ccc(N)cc1.Cc1cc(C)c(N(C)C)c(C)c1.Cc1cc(Cl)ccc1N.Cc1ccc(N(C)C)cc1.Cc1cccc(N(C)C)c1.Nc1ccccc1.c1cc2c3c(c1)CCCN3CCC2. The third kappa shape index (κ3) is 40.1. The minimum Gasteiger partial charge on any atom is -0.497 e. The average molecular weight is 1770 g/mol. The van der Waals surface area contributed by atoms with Crippen LogP contribution >= 0.6 is 27.5 Å². The zero-order valence-corrected chi connectivity index (χ0v) is 82.3. The Morgan fingerprint density at radius 2 is 0.792 bits per heavy atom. The molecule has 0 radical (unpaired) electrons. The van der Waals surface area contributed by atoms with Crippen LogP contribution in [0.3, 0.4) is 0 Å². The van der Waals surface area contributed by atoms with Gasteiger partial charge in [0.25, 0.3) is 0 Å². The van der Waals surface area contributed by atoms with Gasteiger partial charge in [-0.1, -0.05) is 199 Å².